The van der Waals surface area contributed by atoms with Gasteiger partial charge in [-0.05, 0) is 18.6 Å². The Hall–Kier alpha value is -2.09. The zero-order valence-corrected chi connectivity index (χ0v) is 9.52. The summed E-state index contributed by atoms with van der Waals surface area (Å²) in [6, 6.07) is 3.84. The van der Waals surface area contributed by atoms with Crippen LogP contribution in [0.5, 0.6) is 0 Å². The van der Waals surface area contributed by atoms with E-state index in [0.29, 0.717) is 11.4 Å². The standard InChI is InChI=1S/C11H13N3O2/c1-8-4-5-13-11(9(8)6-12)14(2)7-10(15)16-3/h4-5H,7H2,1-3H3. The Bertz CT molecular complexity index is 437. The summed E-state index contributed by atoms with van der Waals surface area (Å²) in [6.45, 7) is 1.90. The lowest BCUT2D eigenvalue weighted by Gasteiger charge is -2.18. The van der Waals surface area contributed by atoms with Crippen LogP contribution >= 0.6 is 0 Å². The first-order chi connectivity index (χ1) is 7.60. The topological polar surface area (TPSA) is 66.2 Å². The lowest BCUT2D eigenvalue weighted by molar-refractivity contribution is -0.138. The maximum atomic E-state index is 11.1. The summed E-state index contributed by atoms with van der Waals surface area (Å²) in [4.78, 5) is 16.8. The normalized spacial score (nSPS) is 9.38. The van der Waals surface area contributed by atoms with E-state index in [-0.39, 0.29) is 12.5 Å². The molecule has 0 unspecified atom stereocenters. The van der Waals surface area contributed by atoms with Gasteiger partial charge in [0.05, 0.1) is 12.7 Å². The second-order valence-corrected chi connectivity index (χ2v) is 3.37. The summed E-state index contributed by atoms with van der Waals surface area (Å²) in [6.07, 6.45) is 1.61. The fraction of sp³-hybridized carbons (Fsp3) is 0.364. The molecule has 16 heavy (non-hydrogen) atoms. The number of methoxy groups -OCH3 is 1. The SMILES string of the molecule is COC(=O)CN(C)c1nccc(C)c1C#N. The van der Waals surface area contributed by atoms with Gasteiger partial charge >= 0.3 is 5.97 Å². The van der Waals surface area contributed by atoms with Gasteiger partial charge < -0.3 is 9.64 Å². The monoisotopic (exact) mass is 219 g/mol. The number of aryl methyl sites for hydroxylation is 1. The molecule has 0 aliphatic carbocycles. The average Bonchev–Trinajstić information content (AvgIpc) is 2.28. The maximum absolute atomic E-state index is 11.1. The van der Waals surface area contributed by atoms with Gasteiger partial charge in [0.1, 0.15) is 18.4 Å². The zero-order valence-electron chi connectivity index (χ0n) is 9.52. The van der Waals surface area contributed by atoms with Crippen molar-refractivity contribution in [1.82, 2.24) is 4.98 Å². The number of anilines is 1. The van der Waals surface area contributed by atoms with Crippen LogP contribution in [0.3, 0.4) is 0 Å². The largest absolute Gasteiger partial charge is 0.468 e. The highest BCUT2D eigenvalue weighted by molar-refractivity contribution is 5.76. The molecule has 84 valence electrons. The number of rotatable bonds is 3. The summed E-state index contributed by atoms with van der Waals surface area (Å²) in [5, 5.41) is 9.01. The predicted molar refractivity (Wildman–Crippen MR) is 59.0 cm³/mol. The molecule has 0 atom stereocenters. The Kier molecular flexibility index (Phi) is 3.84. The third kappa shape index (κ3) is 2.48. The molecule has 5 heteroatoms. The van der Waals surface area contributed by atoms with Crippen LogP contribution in [0.4, 0.5) is 5.82 Å². The molecule has 0 saturated heterocycles. The van der Waals surface area contributed by atoms with Gasteiger partial charge in [0.2, 0.25) is 0 Å². The first-order valence-corrected chi connectivity index (χ1v) is 4.73. The number of likely N-dealkylation sites (N-methyl/N-ethyl adjacent to an activating group) is 1. The number of aromatic nitrogens is 1. The number of esters is 1. The van der Waals surface area contributed by atoms with Gasteiger partial charge in [0.25, 0.3) is 0 Å². The van der Waals surface area contributed by atoms with Crippen molar-refractivity contribution < 1.29 is 9.53 Å². The van der Waals surface area contributed by atoms with Gasteiger partial charge in [-0.3, -0.25) is 4.79 Å². The molecule has 0 amide bonds. The van der Waals surface area contributed by atoms with E-state index in [1.807, 2.05) is 6.92 Å². The first-order valence-electron chi connectivity index (χ1n) is 4.73. The summed E-state index contributed by atoms with van der Waals surface area (Å²) in [5.41, 5.74) is 1.32. The number of pyridine rings is 1. The van der Waals surface area contributed by atoms with Gasteiger partial charge in [-0.25, -0.2) is 4.98 Å². The summed E-state index contributed by atoms with van der Waals surface area (Å²) >= 11 is 0. The van der Waals surface area contributed by atoms with Gasteiger partial charge in [0, 0.05) is 13.2 Å². The van der Waals surface area contributed by atoms with Crippen molar-refractivity contribution in [2.24, 2.45) is 0 Å². The fourth-order valence-corrected chi connectivity index (χ4v) is 1.30. The minimum absolute atomic E-state index is 0.0711. The molecule has 0 aromatic carbocycles. The molecule has 0 spiro atoms. The van der Waals surface area contributed by atoms with Crippen molar-refractivity contribution in [3.63, 3.8) is 0 Å². The third-order valence-electron chi connectivity index (χ3n) is 2.21. The predicted octanol–water partition coefficient (Wildman–Crippen LogP) is 0.871. The molecular weight excluding hydrogens is 206 g/mol. The molecule has 0 radical (unpaired) electrons. The summed E-state index contributed by atoms with van der Waals surface area (Å²) < 4.78 is 4.55. The van der Waals surface area contributed by atoms with Gasteiger partial charge in [-0.15, -0.1) is 0 Å². The van der Waals surface area contributed by atoms with Crippen molar-refractivity contribution in [1.29, 1.82) is 5.26 Å². The van der Waals surface area contributed by atoms with Crippen molar-refractivity contribution in [3.05, 3.63) is 23.4 Å². The molecule has 1 rings (SSSR count). The maximum Gasteiger partial charge on any atom is 0.325 e. The van der Waals surface area contributed by atoms with Crippen molar-refractivity contribution in [2.45, 2.75) is 6.92 Å². The minimum atomic E-state index is -0.366. The third-order valence-corrected chi connectivity index (χ3v) is 2.21. The Balaban J connectivity index is 3.00. The Morgan fingerprint density at radius 2 is 2.38 bits per heavy atom. The number of ether oxygens (including phenoxy) is 1. The van der Waals surface area contributed by atoms with Crippen LogP contribution in [-0.4, -0.2) is 31.7 Å². The number of nitrogens with zero attached hydrogens (tertiary/aromatic N) is 3. The molecule has 1 aromatic rings. The first kappa shape index (κ1) is 12.0. The van der Waals surface area contributed by atoms with Gasteiger partial charge in [0.15, 0.2) is 0 Å². The second kappa shape index (κ2) is 5.12. The van der Waals surface area contributed by atoms with Crippen molar-refractivity contribution >= 4 is 11.8 Å². The van der Waals surface area contributed by atoms with Crippen molar-refractivity contribution in [3.8, 4) is 6.07 Å². The molecule has 0 aliphatic rings. The van der Waals surface area contributed by atoms with Gasteiger partial charge in [-0.1, -0.05) is 0 Å². The minimum Gasteiger partial charge on any atom is -0.468 e. The summed E-state index contributed by atoms with van der Waals surface area (Å²) in [5.74, 6) is 0.127. The molecule has 0 aliphatic heterocycles. The van der Waals surface area contributed by atoms with Crippen LogP contribution in [-0.2, 0) is 9.53 Å². The number of carbonyl (C=O) groups is 1. The Morgan fingerprint density at radius 1 is 1.69 bits per heavy atom. The smallest absolute Gasteiger partial charge is 0.325 e. The van der Waals surface area contributed by atoms with E-state index in [0.717, 1.165) is 5.56 Å². The fourth-order valence-electron chi connectivity index (χ4n) is 1.30. The molecule has 1 aromatic heterocycles. The van der Waals surface area contributed by atoms with Crippen LogP contribution in [0.25, 0.3) is 0 Å². The van der Waals surface area contributed by atoms with E-state index in [9.17, 15) is 4.79 Å². The number of hydrogen-bond donors (Lipinski definition) is 0. The molecule has 0 bridgehead atoms. The van der Waals surface area contributed by atoms with Crippen LogP contribution < -0.4 is 4.90 Å². The van der Waals surface area contributed by atoms with E-state index in [1.54, 1.807) is 24.2 Å². The number of nitriles is 1. The van der Waals surface area contributed by atoms with Gasteiger partial charge in [-0.2, -0.15) is 5.26 Å². The van der Waals surface area contributed by atoms with E-state index in [2.05, 4.69) is 15.8 Å². The number of hydrogen-bond acceptors (Lipinski definition) is 5. The van der Waals surface area contributed by atoms with E-state index < -0.39 is 0 Å². The zero-order chi connectivity index (χ0) is 12.1. The Labute approximate surface area is 94.3 Å². The molecular formula is C11H13N3O2. The Morgan fingerprint density at radius 3 is 2.94 bits per heavy atom. The number of carbonyl (C=O) groups excluding carboxylic acids is 1. The highest BCUT2D eigenvalue weighted by Crippen LogP contribution is 2.18. The highest BCUT2D eigenvalue weighted by Gasteiger charge is 2.13. The highest BCUT2D eigenvalue weighted by atomic mass is 16.5. The molecule has 0 saturated carbocycles. The van der Waals surface area contributed by atoms with E-state index in [4.69, 9.17) is 5.26 Å². The van der Waals surface area contributed by atoms with E-state index in [1.165, 1.54) is 7.11 Å². The van der Waals surface area contributed by atoms with Crippen LogP contribution in [0.1, 0.15) is 11.1 Å². The lowest BCUT2D eigenvalue weighted by atomic mass is 10.1. The average molecular weight is 219 g/mol. The second-order valence-electron chi connectivity index (χ2n) is 3.37. The van der Waals surface area contributed by atoms with Crippen LogP contribution in [0.2, 0.25) is 0 Å². The summed E-state index contributed by atoms with van der Waals surface area (Å²) in [7, 11) is 3.02. The van der Waals surface area contributed by atoms with Crippen molar-refractivity contribution in [2.75, 3.05) is 25.6 Å². The quantitative estimate of drug-likeness (QED) is 0.706. The lowest BCUT2D eigenvalue weighted by Crippen LogP contribution is -2.28. The molecule has 1 heterocycles. The van der Waals surface area contributed by atoms with Crippen LogP contribution in [0, 0.1) is 18.3 Å². The molecule has 5 nitrogen and oxygen atoms in total. The molecule has 0 N–H and O–H groups in total. The van der Waals surface area contributed by atoms with E-state index >= 15 is 0 Å². The van der Waals surface area contributed by atoms with Crippen LogP contribution in [0.15, 0.2) is 12.3 Å². The molecule has 0 fully saturated rings.